The van der Waals surface area contributed by atoms with E-state index >= 15 is 0 Å². The quantitative estimate of drug-likeness (QED) is 0.167. The van der Waals surface area contributed by atoms with Gasteiger partial charge in [-0.15, -0.1) is 0 Å². The lowest BCUT2D eigenvalue weighted by Crippen LogP contribution is -2.48. The van der Waals surface area contributed by atoms with Crippen molar-refractivity contribution in [2.45, 2.75) is 78.3 Å². The molecule has 0 radical (unpaired) electrons. The van der Waals surface area contributed by atoms with Gasteiger partial charge in [0.25, 0.3) is 0 Å². The Kier molecular flexibility index (Phi) is 11.1. The highest BCUT2D eigenvalue weighted by molar-refractivity contribution is 5.92. The summed E-state index contributed by atoms with van der Waals surface area (Å²) in [5.41, 5.74) is 8.23. The van der Waals surface area contributed by atoms with Gasteiger partial charge in [0.2, 0.25) is 0 Å². The summed E-state index contributed by atoms with van der Waals surface area (Å²) < 4.78 is 13.3. The number of anilines is 1. The molecule has 0 spiro atoms. The van der Waals surface area contributed by atoms with Crippen LogP contribution in [0.4, 0.5) is 10.5 Å². The summed E-state index contributed by atoms with van der Waals surface area (Å²) in [6, 6.07) is 15.3. The van der Waals surface area contributed by atoms with Gasteiger partial charge in [-0.2, -0.15) is 5.10 Å². The Hall–Kier alpha value is -4.19. The number of aromatic nitrogens is 3. The van der Waals surface area contributed by atoms with Crippen LogP contribution in [0.1, 0.15) is 56.0 Å². The van der Waals surface area contributed by atoms with Crippen LogP contribution in [0.3, 0.4) is 0 Å². The van der Waals surface area contributed by atoms with Crippen molar-refractivity contribution in [3.8, 4) is 16.9 Å². The number of nitrogens with one attached hydrogen (secondary N) is 4. The third-order valence-electron chi connectivity index (χ3n) is 9.42. The summed E-state index contributed by atoms with van der Waals surface area (Å²) >= 11 is 0. The summed E-state index contributed by atoms with van der Waals surface area (Å²) in [6.45, 7) is 13.4. The van der Waals surface area contributed by atoms with Crippen molar-refractivity contribution in [1.82, 2.24) is 35.6 Å². The first-order valence-electron chi connectivity index (χ1n) is 17.4. The van der Waals surface area contributed by atoms with Crippen molar-refractivity contribution in [2.75, 3.05) is 45.3 Å². The number of nitrogens with zero attached hydrogens (tertiary/aromatic N) is 4. The smallest absolute Gasteiger partial charge is 0.315 e. The second kappa shape index (κ2) is 15.8. The zero-order chi connectivity index (χ0) is 33.5. The summed E-state index contributed by atoms with van der Waals surface area (Å²) in [5, 5.41) is 19.1. The number of piperazine rings is 1. The molecule has 4 N–H and O–H groups in total. The van der Waals surface area contributed by atoms with Crippen LogP contribution in [0, 0.1) is 0 Å². The molecule has 256 valence electrons. The largest absolute Gasteiger partial charge is 0.496 e. The SMILES string of the molecule is CCc1nc2c(cnn2CC)c(NC2CCOCC2)c1CNC(=O)NCc1ccc(OC)c(-c2cccc(CN3CCN[C@H](C)C3)c2)c1. The Bertz CT molecular complexity index is 1700. The van der Waals surface area contributed by atoms with Crippen LogP contribution in [-0.4, -0.2) is 77.7 Å². The minimum atomic E-state index is -0.233. The van der Waals surface area contributed by atoms with E-state index in [0.29, 0.717) is 25.2 Å². The number of fused-ring (bicyclic) bond motifs is 1. The first-order valence-corrected chi connectivity index (χ1v) is 17.4. The van der Waals surface area contributed by atoms with Crippen molar-refractivity contribution < 1.29 is 14.3 Å². The molecule has 4 aromatic rings. The fourth-order valence-electron chi connectivity index (χ4n) is 6.86. The van der Waals surface area contributed by atoms with Crippen molar-refractivity contribution in [2.24, 2.45) is 0 Å². The molecule has 4 heterocycles. The van der Waals surface area contributed by atoms with E-state index in [-0.39, 0.29) is 6.03 Å². The maximum atomic E-state index is 13.2. The fourth-order valence-corrected chi connectivity index (χ4v) is 6.86. The molecule has 11 nitrogen and oxygen atoms in total. The Morgan fingerprint density at radius 2 is 1.92 bits per heavy atom. The van der Waals surface area contributed by atoms with Crippen LogP contribution in [0.5, 0.6) is 5.75 Å². The number of hydrogen-bond donors (Lipinski definition) is 4. The zero-order valence-corrected chi connectivity index (χ0v) is 28.8. The number of benzene rings is 2. The topological polar surface area (TPSA) is 118 Å². The van der Waals surface area contributed by atoms with Crippen LogP contribution >= 0.6 is 0 Å². The minimum Gasteiger partial charge on any atom is -0.496 e. The van der Waals surface area contributed by atoms with Gasteiger partial charge in [0.15, 0.2) is 5.65 Å². The third kappa shape index (κ3) is 7.91. The lowest BCUT2D eigenvalue weighted by Gasteiger charge is -2.31. The number of aryl methyl sites for hydroxylation is 2. The lowest BCUT2D eigenvalue weighted by atomic mass is 9.99. The van der Waals surface area contributed by atoms with E-state index in [2.05, 4.69) is 82.4 Å². The first kappa shape index (κ1) is 33.7. The number of carbonyl (C=O) groups excluding carboxylic acids is 1. The molecular weight excluding hydrogens is 604 g/mol. The van der Waals surface area contributed by atoms with E-state index in [4.69, 9.17) is 14.5 Å². The van der Waals surface area contributed by atoms with E-state index in [1.54, 1.807) is 7.11 Å². The van der Waals surface area contributed by atoms with Crippen LogP contribution in [0.15, 0.2) is 48.7 Å². The second-order valence-electron chi connectivity index (χ2n) is 12.9. The number of rotatable bonds is 12. The molecule has 1 atom stereocenters. The van der Waals surface area contributed by atoms with E-state index < -0.39 is 0 Å². The molecule has 2 aliphatic heterocycles. The molecule has 11 heteroatoms. The molecule has 6 rings (SSSR count). The summed E-state index contributed by atoms with van der Waals surface area (Å²) in [6.07, 6.45) is 4.50. The molecule has 0 aliphatic carbocycles. The van der Waals surface area contributed by atoms with Gasteiger partial charge < -0.3 is 30.7 Å². The summed E-state index contributed by atoms with van der Waals surface area (Å²) in [4.78, 5) is 20.7. The second-order valence-corrected chi connectivity index (χ2v) is 12.9. The Balaban J connectivity index is 1.15. The van der Waals surface area contributed by atoms with Crippen LogP contribution < -0.4 is 26.0 Å². The van der Waals surface area contributed by atoms with E-state index in [0.717, 1.165) is 116 Å². The summed E-state index contributed by atoms with van der Waals surface area (Å²) in [5.74, 6) is 0.807. The van der Waals surface area contributed by atoms with Crippen molar-refractivity contribution in [3.05, 3.63) is 71.0 Å². The normalized spacial score (nSPS) is 17.4. The van der Waals surface area contributed by atoms with Gasteiger partial charge in [-0.3, -0.25) is 4.90 Å². The van der Waals surface area contributed by atoms with Crippen molar-refractivity contribution in [3.63, 3.8) is 0 Å². The van der Waals surface area contributed by atoms with E-state index in [9.17, 15) is 4.79 Å². The minimum absolute atomic E-state index is 0.233. The monoisotopic (exact) mass is 654 g/mol. The van der Waals surface area contributed by atoms with Crippen LogP contribution in [-0.2, 0) is 37.3 Å². The molecule has 2 aromatic heterocycles. The highest BCUT2D eigenvalue weighted by Crippen LogP contribution is 2.33. The molecule has 48 heavy (non-hydrogen) atoms. The molecular formula is C37H50N8O3. The van der Waals surface area contributed by atoms with Crippen molar-refractivity contribution >= 4 is 22.8 Å². The maximum Gasteiger partial charge on any atom is 0.315 e. The number of ether oxygens (including phenoxy) is 2. The van der Waals surface area contributed by atoms with Crippen LogP contribution in [0.2, 0.25) is 0 Å². The molecule has 0 unspecified atom stereocenters. The van der Waals surface area contributed by atoms with Gasteiger partial charge in [-0.25, -0.2) is 14.5 Å². The molecule has 2 amide bonds. The standard InChI is InChI=1S/C37H50N8O3/c1-5-33-31(35(42-29-12-16-48-17-13-29)32-22-41-45(6-2)36(32)43-33)21-40-37(46)39-20-26-10-11-34(47-4)30(19-26)28-9-7-8-27(18-28)24-44-15-14-38-25(3)23-44/h7-11,18-19,22,25,29,38H,5-6,12-17,20-21,23-24H2,1-4H3,(H,42,43)(H2,39,40,46)/t25-/m1/s1. The molecule has 0 bridgehead atoms. The predicted octanol–water partition coefficient (Wildman–Crippen LogP) is 5.07. The fraction of sp³-hybridized carbons (Fsp3) is 0.486. The number of carbonyl (C=O) groups is 1. The highest BCUT2D eigenvalue weighted by atomic mass is 16.5. The maximum absolute atomic E-state index is 13.2. The zero-order valence-electron chi connectivity index (χ0n) is 28.8. The van der Waals surface area contributed by atoms with Gasteiger partial charge in [-0.1, -0.05) is 31.2 Å². The average Bonchev–Trinajstić information content (AvgIpc) is 3.53. The van der Waals surface area contributed by atoms with Crippen LogP contribution in [0.25, 0.3) is 22.2 Å². The molecule has 2 fully saturated rings. The third-order valence-corrected chi connectivity index (χ3v) is 9.42. The predicted molar refractivity (Wildman–Crippen MR) is 190 cm³/mol. The molecule has 2 saturated heterocycles. The van der Waals surface area contributed by atoms with Crippen molar-refractivity contribution in [1.29, 1.82) is 0 Å². The average molecular weight is 655 g/mol. The number of hydrogen-bond acceptors (Lipinski definition) is 8. The summed E-state index contributed by atoms with van der Waals surface area (Å²) in [7, 11) is 1.70. The Morgan fingerprint density at radius 3 is 2.69 bits per heavy atom. The van der Waals surface area contributed by atoms with E-state index in [1.165, 1.54) is 5.56 Å². The van der Waals surface area contributed by atoms with Gasteiger partial charge in [0.1, 0.15) is 5.75 Å². The van der Waals surface area contributed by atoms with E-state index in [1.807, 2.05) is 23.0 Å². The molecule has 2 aromatic carbocycles. The lowest BCUT2D eigenvalue weighted by molar-refractivity contribution is 0.0904. The Labute approximate surface area is 283 Å². The Morgan fingerprint density at radius 1 is 1.08 bits per heavy atom. The number of pyridine rings is 1. The van der Waals surface area contributed by atoms with Gasteiger partial charge >= 0.3 is 6.03 Å². The first-order chi connectivity index (χ1) is 23.4. The number of urea groups is 1. The molecule has 0 saturated carbocycles. The van der Waals surface area contributed by atoms with Gasteiger partial charge in [0, 0.05) is 87.9 Å². The highest BCUT2D eigenvalue weighted by Gasteiger charge is 2.22. The number of methoxy groups -OCH3 is 1. The number of amides is 2. The van der Waals surface area contributed by atoms with Gasteiger partial charge in [0.05, 0.1) is 24.4 Å². The molecule has 2 aliphatic rings. The van der Waals surface area contributed by atoms with Gasteiger partial charge in [-0.05, 0) is 68.0 Å².